The van der Waals surface area contributed by atoms with E-state index in [9.17, 15) is 9.90 Å². The fourth-order valence-electron chi connectivity index (χ4n) is 1.06. The Kier molecular flexibility index (Phi) is 2.78. The van der Waals surface area contributed by atoms with Crippen LogP contribution < -0.4 is 4.74 Å². The fraction of sp³-hybridized carbons (Fsp3) is 0.222. The second-order valence-electron chi connectivity index (χ2n) is 2.53. The first-order chi connectivity index (χ1) is 6.07. The number of hydrogen-bond acceptors (Lipinski definition) is 3. The van der Waals surface area contributed by atoms with Crippen LogP contribution in [0.5, 0.6) is 11.5 Å². The zero-order chi connectivity index (χ0) is 10.0. The summed E-state index contributed by atoms with van der Waals surface area (Å²) < 4.78 is 4.90. The van der Waals surface area contributed by atoms with Gasteiger partial charge in [0.1, 0.15) is 17.1 Å². The average Bonchev–Trinajstić information content (AvgIpc) is 2.08. The molecule has 0 aliphatic carbocycles. The lowest BCUT2D eigenvalue weighted by molar-refractivity contribution is 0.101. The van der Waals surface area contributed by atoms with E-state index >= 15 is 0 Å². The highest BCUT2D eigenvalue weighted by atomic mass is 35.5. The zero-order valence-electron chi connectivity index (χ0n) is 7.30. The first-order valence-corrected chi connectivity index (χ1v) is 4.02. The Morgan fingerprint density at radius 2 is 2.15 bits per heavy atom. The number of aromatic hydroxyl groups is 1. The molecule has 0 bridgehead atoms. The molecular formula is C9H9ClO3. The number of ether oxygens (including phenoxy) is 1. The number of hydrogen-bond donors (Lipinski definition) is 1. The van der Waals surface area contributed by atoms with E-state index in [4.69, 9.17) is 16.3 Å². The van der Waals surface area contributed by atoms with E-state index in [1.54, 1.807) is 6.07 Å². The molecule has 0 saturated heterocycles. The fourth-order valence-corrected chi connectivity index (χ4v) is 1.22. The Morgan fingerprint density at radius 3 is 2.62 bits per heavy atom. The smallest absolute Gasteiger partial charge is 0.167 e. The van der Waals surface area contributed by atoms with Crippen molar-refractivity contribution in [3.63, 3.8) is 0 Å². The van der Waals surface area contributed by atoms with Crippen LogP contribution in [0.3, 0.4) is 0 Å². The van der Waals surface area contributed by atoms with Crippen LogP contribution in [0.1, 0.15) is 17.3 Å². The van der Waals surface area contributed by atoms with Crippen LogP contribution in [0.4, 0.5) is 0 Å². The number of halogens is 1. The summed E-state index contributed by atoms with van der Waals surface area (Å²) in [5.74, 6) is -0.181. The summed E-state index contributed by atoms with van der Waals surface area (Å²) in [6.45, 7) is 1.34. The number of phenolic OH excluding ortho intramolecular Hbond substituents is 1. The molecule has 0 atom stereocenters. The zero-order valence-corrected chi connectivity index (χ0v) is 8.05. The maximum absolute atomic E-state index is 11.1. The van der Waals surface area contributed by atoms with Crippen molar-refractivity contribution in [2.75, 3.05) is 7.11 Å². The molecule has 0 heterocycles. The number of carbonyl (C=O) groups excluding carboxylic acids is 1. The Morgan fingerprint density at radius 1 is 1.54 bits per heavy atom. The molecule has 1 N–H and O–H groups in total. The van der Waals surface area contributed by atoms with Gasteiger partial charge >= 0.3 is 0 Å². The van der Waals surface area contributed by atoms with E-state index in [-0.39, 0.29) is 22.1 Å². The minimum Gasteiger partial charge on any atom is -0.505 e. The molecule has 3 nitrogen and oxygen atoms in total. The van der Waals surface area contributed by atoms with Gasteiger partial charge in [-0.05, 0) is 19.1 Å². The molecule has 70 valence electrons. The lowest BCUT2D eigenvalue weighted by Crippen LogP contribution is -1.98. The van der Waals surface area contributed by atoms with Crippen molar-refractivity contribution in [3.8, 4) is 11.5 Å². The van der Waals surface area contributed by atoms with Crippen LogP contribution in [0, 0.1) is 0 Å². The predicted octanol–water partition coefficient (Wildman–Crippen LogP) is 2.26. The van der Waals surface area contributed by atoms with Crippen molar-refractivity contribution in [2.45, 2.75) is 6.92 Å². The molecule has 0 radical (unpaired) electrons. The molecule has 0 aromatic heterocycles. The molecule has 0 fully saturated rings. The summed E-state index contributed by atoms with van der Waals surface area (Å²) in [6.07, 6.45) is 0. The Labute approximate surface area is 80.9 Å². The second-order valence-corrected chi connectivity index (χ2v) is 2.94. The summed E-state index contributed by atoms with van der Waals surface area (Å²) >= 11 is 5.63. The van der Waals surface area contributed by atoms with Crippen LogP contribution in [0.25, 0.3) is 0 Å². The van der Waals surface area contributed by atoms with Crippen molar-refractivity contribution in [2.24, 2.45) is 0 Å². The van der Waals surface area contributed by atoms with Crippen LogP contribution in [0.2, 0.25) is 5.02 Å². The minimum atomic E-state index is -0.281. The van der Waals surface area contributed by atoms with Gasteiger partial charge in [0.2, 0.25) is 0 Å². The van der Waals surface area contributed by atoms with E-state index in [1.165, 1.54) is 20.1 Å². The largest absolute Gasteiger partial charge is 0.505 e. The predicted molar refractivity (Wildman–Crippen MR) is 49.7 cm³/mol. The van der Waals surface area contributed by atoms with Crippen LogP contribution in [0.15, 0.2) is 12.1 Å². The number of carbonyl (C=O) groups is 1. The molecule has 13 heavy (non-hydrogen) atoms. The SMILES string of the molecule is COc1ccc(Cl)c(O)c1C(C)=O. The monoisotopic (exact) mass is 200 g/mol. The molecule has 0 spiro atoms. The minimum absolute atomic E-state index is 0.120. The Hall–Kier alpha value is -1.22. The number of Topliss-reactive ketones (excluding diaryl/α,β-unsaturated/α-hetero) is 1. The highest BCUT2D eigenvalue weighted by Crippen LogP contribution is 2.34. The summed E-state index contributed by atoms with van der Waals surface area (Å²) in [5, 5.41) is 9.59. The first-order valence-electron chi connectivity index (χ1n) is 3.64. The Bertz CT molecular complexity index is 347. The van der Waals surface area contributed by atoms with Crippen molar-refractivity contribution in [3.05, 3.63) is 22.7 Å². The molecule has 1 aromatic rings. The summed E-state index contributed by atoms with van der Waals surface area (Å²) in [4.78, 5) is 11.1. The van der Waals surface area contributed by atoms with E-state index < -0.39 is 0 Å². The molecule has 0 saturated carbocycles. The van der Waals surface area contributed by atoms with Gasteiger partial charge in [-0.3, -0.25) is 4.79 Å². The second kappa shape index (κ2) is 3.66. The Balaban J connectivity index is 3.41. The summed E-state index contributed by atoms with van der Waals surface area (Å²) in [7, 11) is 1.43. The lowest BCUT2D eigenvalue weighted by Gasteiger charge is -2.08. The maximum atomic E-state index is 11.1. The third kappa shape index (κ3) is 1.75. The van der Waals surface area contributed by atoms with Crippen LogP contribution in [-0.4, -0.2) is 18.0 Å². The highest BCUT2D eigenvalue weighted by Gasteiger charge is 2.15. The quantitative estimate of drug-likeness (QED) is 0.745. The molecule has 1 aromatic carbocycles. The van der Waals surface area contributed by atoms with Gasteiger partial charge in [0.15, 0.2) is 5.78 Å². The van der Waals surface area contributed by atoms with Gasteiger partial charge in [0.25, 0.3) is 0 Å². The molecule has 0 aliphatic rings. The van der Waals surface area contributed by atoms with Gasteiger partial charge in [0.05, 0.1) is 12.1 Å². The maximum Gasteiger partial charge on any atom is 0.167 e. The number of benzene rings is 1. The first kappa shape index (κ1) is 9.86. The lowest BCUT2D eigenvalue weighted by atomic mass is 10.1. The van der Waals surface area contributed by atoms with Gasteiger partial charge in [0, 0.05) is 0 Å². The molecule has 1 rings (SSSR count). The molecule has 0 amide bonds. The van der Waals surface area contributed by atoms with Crippen molar-refractivity contribution < 1.29 is 14.6 Å². The van der Waals surface area contributed by atoms with Gasteiger partial charge in [-0.2, -0.15) is 0 Å². The molecular weight excluding hydrogens is 192 g/mol. The average molecular weight is 201 g/mol. The summed E-state index contributed by atoms with van der Waals surface area (Å²) in [5.41, 5.74) is 0.120. The third-order valence-electron chi connectivity index (χ3n) is 1.66. The van der Waals surface area contributed by atoms with E-state index in [1.807, 2.05) is 0 Å². The number of ketones is 1. The van der Waals surface area contributed by atoms with Crippen molar-refractivity contribution in [1.82, 2.24) is 0 Å². The van der Waals surface area contributed by atoms with Gasteiger partial charge in [-0.15, -0.1) is 0 Å². The van der Waals surface area contributed by atoms with Gasteiger partial charge in [-0.25, -0.2) is 0 Å². The number of rotatable bonds is 2. The van der Waals surface area contributed by atoms with Crippen LogP contribution >= 0.6 is 11.6 Å². The van der Waals surface area contributed by atoms with Crippen molar-refractivity contribution >= 4 is 17.4 Å². The standard InChI is InChI=1S/C9H9ClO3/c1-5(11)8-7(13-2)4-3-6(10)9(8)12/h3-4,12H,1-2H3. The number of methoxy groups -OCH3 is 1. The summed E-state index contributed by atoms with van der Waals surface area (Å²) in [6, 6.07) is 3.01. The number of phenols is 1. The van der Waals surface area contributed by atoms with Gasteiger partial charge < -0.3 is 9.84 Å². The molecule has 0 unspecified atom stereocenters. The molecule has 4 heteroatoms. The topological polar surface area (TPSA) is 46.5 Å². The van der Waals surface area contributed by atoms with Gasteiger partial charge in [-0.1, -0.05) is 11.6 Å². The highest BCUT2D eigenvalue weighted by molar-refractivity contribution is 6.32. The van der Waals surface area contributed by atoms with E-state index in [0.717, 1.165) is 0 Å². The normalized spacial score (nSPS) is 9.77. The third-order valence-corrected chi connectivity index (χ3v) is 1.97. The van der Waals surface area contributed by atoms with Crippen molar-refractivity contribution in [1.29, 1.82) is 0 Å². The molecule has 0 aliphatic heterocycles. The van der Waals surface area contributed by atoms with Crippen LogP contribution in [-0.2, 0) is 0 Å². The van der Waals surface area contributed by atoms with E-state index in [0.29, 0.717) is 5.75 Å². The van der Waals surface area contributed by atoms with E-state index in [2.05, 4.69) is 0 Å².